The van der Waals surface area contributed by atoms with E-state index in [1.54, 1.807) is 6.92 Å². The first-order chi connectivity index (χ1) is 7.11. The van der Waals surface area contributed by atoms with Gasteiger partial charge in [-0.3, -0.25) is 9.59 Å². The minimum Gasteiger partial charge on any atom is -0.355 e. The minimum absolute atomic E-state index is 0.0189. The van der Waals surface area contributed by atoms with Gasteiger partial charge in [0.1, 0.15) is 11.7 Å². The van der Waals surface area contributed by atoms with Gasteiger partial charge in [0.15, 0.2) is 0 Å². The van der Waals surface area contributed by atoms with Crippen LogP contribution in [-0.2, 0) is 9.59 Å². The lowest BCUT2D eigenvalue weighted by atomic mass is 9.95. The lowest BCUT2D eigenvalue weighted by Crippen LogP contribution is -2.25. The molecular weight excluding hydrogens is 214 g/mol. The average Bonchev–Trinajstić information content (AvgIpc) is 2.22. The van der Waals surface area contributed by atoms with Gasteiger partial charge in [0, 0.05) is 12.5 Å². The number of carbonyl (C=O) groups is 2. The Kier molecular flexibility index (Phi) is 8.38. The van der Waals surface area contributed by atoms with Crippen LogP contribution in [0.3, 0.4) is 0 Å². The van der Waals surface area contributed by atoms with Crippen LogP contribution in [0, 0.1) is 5.92 Å². The number of Topliss-reactive ketones (excluding diaryl/α,β-unsaturated/α-hetero) is 1. The Morgan fingerprint density at radius 3 is 2.47 bits per heavy atom. The van der Waals surface area contributed by atoms with Crippen molar-refractivity contribution in [2.24, 2.45) is 5.92 Å². The van der Waals surface area contributed by atoms with E-state index in [9.17, 15) is 9.59 Å². The highest BCUT2D eigenvalue weighted by Crippen LogP contribution is 2.12. The van der Waals surface area contributed by atoms with E-state index in [2.05, 4.69) is 5.32 Å². The summed E-state index contributed by atoms with van der Waals surface area (Å²) in [6.07, 6.45) is 3.71. The fourth-order valence-electron chi connectivity index (χ4n) is 1.49. The maximum atomic E-state index is 11.1. The zero-order valence-electron chi connectivity index (χ0n) is 9.51. The predicted molar refractivity (Wildman–Crippen MR) is 62.0 cm³/mol. The standard InChI is InChI=1S/C11H20ClNO2/c1-3-10(9(2)14)6-4-5-7-13-11(15)8-12/h10H,3-8H2,1-2H3,(H,13,15)/t10-/m0/s1. The molecule has 0 heterocycles. The molecule has 0 aromatic carbocycles. The number of alkyl halides is 1. The van der Waals surface area contributed by atoms with E-state index in [1.807, 2.05) is 6.92 Å². The van der Waals surface area contributed by atoms with Gasteiger partial charge in [-0.25, -0.2) is 0 Å². The van der Waals surface area contributed by atoms with Gasteiger partial charge < -0.3 is 5.32 Å². The Hall–Kier alpha value is -0.570. The molecule has 0 saturated heterocycles. The summed E-state index contributed by atoms with van der Waals surface area (Å²) in [5, 5.41) is 2.70. The molecule has 0 aromatic heterocycles. The Balaban J connectivity index is 3.45. The van der Waals surface area contributed by atoms with Gasteiger partial charge in [-0.15, -0.1) is 11.6 Å². The van der Waals surface area contributed by atoms with Crippen molar-refractivity contribution in [1.29, 1.82) is 0 Å². The normalized spacial score (nSPS) is 12.2. The molecule has 0 fully saturated rings. The Morgan fingerprint density at radius 2 is 2.00 bits per heavy atom. The second kappa shape index (κ2) is 8.72. The monoisotopic (exact) mass is 233 g/mol. The molecule has 1 atom stereocenters. The van der Waals surface area contributed by atoms with E-state index in [0.717, 1.165) is 25.7 Å². The van der Waals surface area contributed by atoms with E-state index >= 15 is 0 Å². The first-order valence-electron chi connectivity index (χ1n) is 5.44. The topological polar surface area (TPSA) is 46.2 Å². The second-order valence-electron chi connectivity index (χ2n) is 3.70. The summed E-state index contributed by atoms with van der Waals surface area (Å²) >= 11 is 5.32. The highest BCUT2D eigenvalue weighted by atomic mass is 35.5. The molecular formula is C11H20ClNO2. The fraction of sp³-hybridized carbons (Fsp3) is 0.818. The Bertz CT molecular complexity index is 207. The van der Waals surface area contributed by atoms with Crippen molar-refractivity contribution in [2.45, 2.75) is 39.5 Å². The largest absolute Gasteiger partial charge is 0.355 e. The molecule has 0 aliphatic heterocycles. The van der Waals surface area contributed by atoms with Crippen molar-refractivity contribution in [1.82, 2.24) is 5.32 Å². The first kappa shape index (κ1) is 14.4. The van der Waals surface area contributed by atoms with E-state index in [1.165, 1.54) is 0 Å². The van der Waals surface area contributed by atoms with Crippen LogP contribution in [-0.4, -0.2) is 24.1 Å². The number of hydrogen-bond donors (Lipinski definition) is 1. The third kappa shape index (κ3) is 7.37. The van der Waals surface area contributed by atoms with E-state index < -0.39 is 0 Å². The SMILES string of the molecule is CC[C@@H](CCCCNC(=O)CCl)C(C)=O. The van der Waals surface area contributed by atoms with E-state index in [-0.39, 0.29) is 23.5 Å². The van der Waals surface area contributed by atoms with Crippen LogP contribution >= 0.6 is 11.6 Å². The summed E-state index contributed by atoms with van der Waals surface area (Å²) in [5.74, 6) is 0.344. The van der Waals surface area contributed by atoms with Crippen molar-refractivity contribution in [3.8, 4) is 0 Å². The van der Waals surface area contributed by atoms with E-state index in [4.69, 9.17) is 11.6 Å². The van der Waals surface area contributed by atoms with E-state index in [0.29, 0.717) is 6.54 Å². The molecule has 0 bridgehead atoms. The maximum absolute atomic E-state index is 11.1. The maximum Gasteiger partial charge on any atom is 0.234 e. The minimum atomic E-state index is -0.129. The molecule has 0 aliphatic carbocycles. The summed E-state index contributed by atoms with van der Waals surface area (Å²) in [4.78, 5) is 21.9. The number of halogens is 1. The van der Waals surface area contributed by atoms with Crippen LogP contribution < -0.4 is 5.32 Å². The van der Waals surface area contributed by atoms with Gasteiger partial charge in [0.25, 0.3) is 0 Å². The zero-order valence-corrected chi connectivity index (χ0v) is 10.3. The van der Waals surface area contributed by atoms with Gasteiger partial charge in [-0.05, 0) is 26.2 Å². The fourth-order valence-corrected chi connectivity index (χ4v) is 1.58. The highest BCUT2D eigenvalue weighted by Gasteiger charge is 2.10. The summed E-state index contributed by atoms with van der Waals surface area (Å²) in [6.45, 7) is 4.32. The number of hydrogen-bond acceptors (Lipinski definition) is 2. The summed E-state index contributed by atoms with van der Waals surface area (Å²) in [5.41, 5.74) is 0. The third-order valence-corrected chi connectivity index (χ3v) is 2.73. The number of unbranched alkanes of at least 4 members (excludes halogenated alkanes) is 1. The molecule has 0 saturated carbocycles. The lowest BCUT2D eigenvalue weighted by molar-refractivity contribution is -0.121. The smallest absolute Gasteiger partial charge is 0.234 e. The zero-order chi connectivity index (χ0) is 11.7. The number of ketones is 1. The van der Waals surface area contributed by atoms with Crippen LogP contribution in [0.1, 0.15) is 39.5 Å². The summed E-state index contributed by atoms with van der Waals surface area (Å²) in [6, 6.07) is 0. The molecule has 1 amide bonds. The van der Waals surface area contributed by atoms with Crippen molar-refractivity contribution in [3.63, 3.8) is 0 Å². The van der Waals surface area contributed by atoms with Gasteiger partial charge in [-0.1, -0.05) is 13.3 Å². The third-order valence-electron chi connectivity index (χ3n) is 2.49. The molecule has 0 rings (SSSR count). The van der Waals surface area contributed by atoms with Crippen LogP contribution in [0.25, 0.3) is 0 Å². The van der Waals surface area contributed by atoms with Crippen molar-refractivity contribution < 1.29 is 9.59 Å². The van der Waals surface area contributed by atoms with Crippen molar-refractivity contribution in [2.75, 3.05) is 12.4 Å². The van der Waals surface area contributed by atoms with Crippen molar-refractivity contribution >= 4 is 23.3 Å². The Labute approximate surface area is 96.6 Å². The molecule has 0 unspecified atom stereocenters. The summed E-state index contributed by atoms with van der Waals surface area (Å²) in [7, 11) is 0. The molecule has 0 aromatic rings. The molecule has 1 N–H and O–H groups in total. The number of rotatable bonds is 8. The second-order valence-corrected chi connectivity index (χ2v) is 3.96. The van der Waals surface area contributed by atoms with Crippen LogP contribution in [0.2, 0.25) is 0 Å². The molecule has 0 aliphatic rings. The van der Waals surface area contributed by atoms with Gasteiger partial charge >= 0.3 is 0 Å². The first-order valence-corrected chi connectivity index (χ1v) is 5.98. The predicted octanol–water partition coefficient (Wildman–Crippen LogP) is 2.13. The molecule has 88 valence electrons. The van der Waals surface area contributed by atoms with Gasteiger partial charge in [0.2, 0.25) is 5.91 Å². The molecule has 4 heteroatoms. The lowest BCUT2D eigenvalue weighted by Gasteiger charge is -2.10. The molecule has 3 nitrogen and oxygen atoms in total. The molecule has 0 spiro atoms. The van der Waals surface area contributed by atoms with Gasteiger partial charge in [-0.2, -0.15) is 0 Å². The quantitative estimate of drug-likeness (QED) is 0.516. The number of carbonyl (C=O) groups excluding carboxylic acids is 2. The van der Waals surface area contributed by atoms with Crippen LogP contribution in [0.15, 0.2) is 0 Å². The van der Waals surface area contributed by atoms with Gasteiger partial charge in [0.05, 0.1) is 0 Å². The van der Waals surface area contributed by atoms with Crippen LogP contribution in [0.5, 0.6) is 0 Å². The van der Waals surface area contributed by atoms with Crippen LogP contribution in [0.4, 0.5) is 0 Å². The number of amides is 1. The highest BCUT2D eigenvalue weighted by molar-refractivity contribution is 6.27. The molecule has 0 radical (unpaired) electrons. The summed E-state index contributed by atoms with van der Waals surface area (Å²) < 4.78 is 0. The average molecular weight is 234 g/mol. The Morgan fingerprint density at radius 1 is 1.33 bits per heavy atom. The van der Waals surface area contributed by atoms with Crippen molar-refractivity contribution in [3.05, 3.63) is 0 Å². The molecule has 15 heavy (non-hydrogen) atoms. The number of nitrogens with one attached hydrogen (secondary N) is 1.